The van der Waals surface area contributed by atoms with Crippen LogP contribution in [0, 0.1) is 0 Å². The van der Waals surface area contributed by atoms with Crippen LogP contribution in [0.1, 0.15) is 33.7 Å². The van der Waals surface area contributed by atoms with Gasteiger partial charge in [-0.05, 0) is 48.4 Å². The van der Waals surface area contributed by atoms with E-state index in [1.165, 1.54) is 6.07 Å². The SMILES string of the molecule is CCCc1cc(=O)oc2cc(OCc3nnc(C(=O)Nc4ccc(OC)cc4)s3)ccc12. The minimum Gasteiger partial charge on any atom is -0.497 e. The molecule has 0 spiro atoms. The Morgan fingerprint density at radius 1 is 1.09 bits per heavy atom. The van der Waals surface area contributed by atoms with Gasteiger partial charge in [-0.25, -0.2) is 4.79 Å². The molecule has 0 fully saturated rings. The molecule has 0 aliphatic carbocycles. The summed E-state index contributed by atoms with van der Waals surface area (Å²) in [4.78, 5) is 24.2. The monoisotopic (exact) mass is 451 g/mol. The summed E-state index contributed by atoms with van der Waals surface area (Å²) in [7, 11) is 1.58. The molecule has 2 aromatic carbocycles. The molecule has 0 aliphatic heterocycles. The molecule has 0 saturated carbocycles. The van der Waals surface area contributed by atoms with E-state index in [0.29, 0.717) is 27.8 Å². The number of hydrogen-bond donors (Lipinski definition) is 1. The number of nitrogens with zero attached hydrogens (tertiary/aromatic N) is 2. The van der Waals surface area contributed by atoms with Crippen LogP contribution in [0.15, 0.2) is 57.7 Å². The van der Waals surface area contributed by atoms with Crippen LogP contribution >= 0.6 is 11.3 Å². The fourth-order valence-electron chi connectivity index (χ4n) is 3.18. The first kappa shape index (κ1) is 21.5. The summed E-state index contributed by atoms with van der Waals surface area (Å²) in [5.41, 5.74) is 1.69. The number of aryl methyl sites for hydroxylation is 1. The largest absolute Gasteiger partial charge is 0.497 e. The van der Waals surface area contributed by atoms with E-state index in [1.54, 1.807) is 37.4 Å². The lowest BCUT2D eigenvalue weighted by molar-refractivity contribution is 0.102. The zero-order valence-electron chi connectivity index (χ0n) is 17.6. The van der Waals surface area contributed by atoms with Crippen LogP contribution in [-0.4, -0.2) is 23.2 Å². The van der Waals surface area contributed by atoms with Crippen molar-refractivity contribution in [1.82, 2.24) is 10.2 Å². The van der Waals surface area contributed by atoms with Crippen molar-refractivity contribution in [1.29, 1.82) is 0 Å². The van der Waals surface area contributed by atoms with Gasteiger partial charge >= 0.3 is 5.63 Å². The average molecular weight is 452 g/mol. The van der Waals surface area contributed by atoms with Crippen LogP contribution in [-0.2, 0) is 13.0 Å². The van der Waals surface area contributed by atoms with E-state index >= 15 is 0 Å². The van der Waals surface area contributed by atoms with Crippen LogP contribution in [0.5, 0.6) is 11.5 Å². The Balaban J connectivity index is 1.41. The van der Waals surface area contributed by atoms with Crippen molar-refractivity contribution in [3.8, 4) is 11.5 Å². The fraction of sp³-hybridized carbons (Fsp3) is 0.217. The van der Waals surface area contributed by atoms with Crippen LogP contribution < -0.4 is 20.4 Å². The summed E-state index contributed by atoms with van der Waals surface area (Å²) in [5.74, 6) is 0.886. The van der Waals surface area contributed by atoms with Gasteiger partial charge in [-0.3, -0.25) is 4.79 Å². The maximum atomic E-state index is 12.4. The quantitative estimate of drug-likeness (QED) is 0.395. The predicted octanol–water partition coefficient (Wildman–Crippen LogP) is 4.44. The van der Waals surface area contributed by atoms with E-state index in [9.17, 15) is 9.59 Å². The molecule has 0 unspecified atom stereocenters. The lowest BCUT2D eigenvalue weighted by Gasteiger charge is -2.07. The smallest absolute Gasteiger partial charge is 0.336 e. The van der Waals surface area contributed by atoms with Gasteiger partial charge in [0.15, 0.2) is 5.01 Å². The van der Waals surface area contributed by atoms with Gasteiger partial charge in [-0.1, -0.05) is 24.7 Å². The Kier molecular flexibility index (Phi) is 6.46. The maximum absolute atomic E-state index is 12.4. The second kappa shape index (κ2) is 9.61. The van der Waals surface area contributed by atoms with E-state index in [1.807, 2.05) is 12.1 Å². The molecule has 164 valence electrons. The molecule has 0 saturated heterocycles. The van der Waals surface area contributed by atoms with E-state index < -0.39 is 0 Å². The normalized spacial score (nSPS) is 10.8. The topological polar surface area (TPSA) is 104 Å². The van der Waals surface area contributed by atoms with Gasteiger partial charge in [0, 0.05) is 23.2 Å². The number of benzene rings is 2. The summed E-state index contributed by atoms with van der Waals surface area (Å²) in [6.45, 7) is 2.20. The van der Waals surface area contributed by atoms with Crippen molar-refractivity contribution in [2.24, 2.45) is 0 Å². The van der Waals surface area contributed by atoms with Gasteiger partial charge in [0.05, 0.1) is 7.11 Å². The van der Waals surface area contributed by atoms with Gasteiger partial charge in [-0.2, -0.15) is 0 Å². The van der Waals surface area contributed by atoms with E-state index in [-0.39, 0.29) is 23.1 Å². The summed E-state index contributed by atoms with van der Waals surface area (Å²) < 4.78 is 16.2. The molecule has 0 radical (unpaired) electrons. The number of rotatable bonds is 8. The molecule has 1 N–H and O–H groups in total. The summed E-state index contributed by atoms with van der Waals surface area (Å²) in [6, 6.07) is 13.9. The molecule has 4 aromatic rings. The second-order valence-electron chi connectivity index (χ2n) is 6.97. The molecule has 1 amide bonds. The third kappa shape index (κ3) is 4.94. The summed E-state index contributed by atoms with van der Waals surface area (Å²) in [6.07, 6.45) is 1.73. The minimum atomic E-state index is -0.380. The van der Waals surface area contributed by atoms with E-state index in [0.717, 1.165) is 35.1 Å². The molecule has 2 heterocycles. The molecular formula is C23H21N3O5S. The van der Waals surface area contributed by atoms with Gasteiger partial charge in [-0.15, -0.1) is 10.2 Å². The highest BCUT2D eigenvalue weighted by molar-refractivity contribution is 7.13. The lowest BCUT2D eigenvalue weighted by Crippen LogP contribution is -2.11. The van der Waals surface area contributed by atoms with Crippen molar-refractivity contribution in [2.75, 3.05) is 12.4 Å². The molecule has 0 aliphatic rings. The number of hydrogen-bond acceptors (Lipinski definition) is 8. The third-order valence-corrected chi connectivity index (χ3v) is 5.59. The molecule has 2 aromatic heterocycles. The van der Waals surface area contributed by atoms with Crippen LogP contribution in [0.2, 0.25) is 0 Å². The molecule has 9 heteroatoms. The highest BCUT2D eigenvalue weighted by atomic mass is 32.1. The van der Waals surface area contributed by atoms with Crippen molar-refractivity contribution < 1.29 is 18.7 Å². The number of methoxy groups -OCH3 is 1. The molecule has 8 nitrogen and oxygen atoms in total. The fourth-order valence-corrected chi connectivity index (χ4v) is 3.83. The molecule has 0 bridgehead atoms. The number of amides is 1. The number of aromatic nitrogens is 2. The Hall–Kier alpha value is -3.72. The Morgan fingerprint density at radius 3 is 2.62 bits per heavy atom. The highest BCUT2D eigenvalue weighted by Gasteiger charge is 2.14. The average Bonchev–Trinajstić information content (AvgIpc) is 3.27. The number of ether oxygens (including phenoxy) is 2. The number of fused-ring (bicyclic) bond motifs is 1. The number of carbonyl (C=O) groups excluding carboxylic acids is 1. The first-order valence-electron chi connectivity index (χ1n) is 10.0. The van der Waals surface area contributed by atoms with Gasteiger partial charge in [0.2, 0.25) is 5.01 Å². The van der Waals surface area contributed by atoms with E-state index in [2.05, 4.69) is 22.4 Å². The van der Waals surface area contributed by atoms with Gasteiger partial charge < -0.3 is 19.2 Å². The second-order valence-corrected chi connectivity index (χ2v) is 8.03. The van der Waals surface area contributed by atoms with Crippen molar-refractivity contribution >= 4 is 33.9 Å². The maximum Gasteiger partial charge on any atom is 0.336 e. The number of carbonyl (C=O) groups is 1. The minimum absolute atomic E-state index is 0.137. The first-order chi connectivity index (χ1) is 15.6. The van der Waals surface area contributed by atoms with Crippen LogP contribution in [0.25, 0.3) is 11.0 Å². The standard InChI is InChI=1S/C23H21N3O5S/c1-3-4-14-11-21(27)31-19-12-17(9-10-18(14)19)30-13-20-25-26-23(32-20)22(28)24-15-5-7-16(29-2)8-6-15/h5-12H,3-4,13H2,1-2H3,(H,24,28). The van der Waals surface area contributed by atoms with Crippen molar-refractivity contribution in [3.05, 3.63) is 74.5 Å². The van der Waals surface area contributed by atoms with E-state index in [4.69, 9.17) is 13.9 Å². The Labute approximate surface area is 187 Å². The highest BCUT2D eigenvalue weighted by Crippen LogP contribution is 2.25. The molecular weight excluding hydrogens is 430 g/mol. The van der Waals surface area contributed by atoms with Crippen LogP contribution in [0.3, 0.4) is 0 Å². The van der Waals surface area contributed by atoms with Gasteiger partial charge in [0.25, 0.3) is 5.91 Å². The molecule has 32 heavy (non-hydrogen) atoms. The zero-order valence-corrected chi connectivity index (χ0v) is 18.4. The van der Waals surface area contributed by atoms with Crippen molar-refractivity contribution in [2.45, 2.75) is 26.4 Å². The number of nitrogens with one attached hydrogen (secondary N) is 1. The lowest BCUT2D eigenvalue weighted by atomic mass is 10.1. The van der Waals surface area contributed by atoms with Crippen LogP contribution in [0.4, 0.5) is 5.69 Å². The molecule has 0 atom stereocenters. The summed E-state index contributed by atoms with van der Waals surface area (Å²) >= 11 is 1.14. The van der Waals surface area contributed by atoms with Gasteiger partial charge in [0.1, 0.15) is 23.7 Å². The summed E-state index contributed by atoms with van der Waals surface area (Å²) in [5, 5.41) is 12.4. The molecule has 4 rings (SSSR count). The predicted molar refractivity (Wildman–Crippen MR) is 122 cm³/mol. The Morgan fingerprint density at radius 2 is 1.88 bits per heavy atom. The number of anilines is 1. The van der Waals surface area contributed by atoms with Crippen molar-refractivity contribution in [3.63, 3.8) is 0 Å². The third-order valence-electron chi connectivity index (χ3n) is 4.69. The first-order valence-corrected chi connectivity index (χ1v) is 10.8. The zero-order chi connectivity index (χ0) is 22.5. The Bertz CT molecular complexity index is 1300.